The van der Waals surface area contributed by atoms with E-state index in [1.54, 1.807) is 19.2 Å². The first-order valence-electron chi connectivity index (χ1n) is 5.83. The average Bonchev–Trinajstić information content (AvgIpc) is 3.14. The molecule has 0 aliphatic heterocycles. The molecule has 4 heteroatoms. The van der Waals surface area contributed by atoms with Gasteiger partial charge in [0.1, 0.15) is 5.82 Å². The monoisotopic (exact) mass is 229 g/mol. The van der Waals surface area contributed by atoms with E-state index in [1.165, 1.54) is 0 Å². The highest BCUT2D eigenvalue weighted by atomic mass is 16.1. The summed E-state index contributed by atoms with van der Waals surface area (Å²) in [6, 6.07) is 6.19. The smallest absolute Gasteiger partial charge is 0.159 e. The van der Waals surface area contributed by atoms with Crippen LogP contribution in [0.3, 0.4) is 0 Å². The van der Waals surface area contributed by atoms with Gasteiger partial charge in [0.05, 0.1) is 12.5 Å². The molecule has 1 aromatic heterocycles. The number of carbonyl (C=O) groups is 1. The Hall–Kier alpha value is -1.89. The highest BCUT2D eigenvalue weighted by Crippen LogP contribution is 2.30. The molecule has 0 spiro atoms. The third-order valence-corrected chi connectivity index (χ3v) is 2.90. The van der Waals surface area contributed by atoms with Crippen LogP contribution in [0.15, 0.2) is 18.3 Å². The Labute approximate surface area is 101 Å². The third kappa shape index (κ3) is 2.82. The predicted molar refractivity (Wildman–Crippen MR) is 64.8 cm³/mol. The van der Waals surface area contributed by atoms with E-state index in [0.717, 1.165) is 18.7 Å². The van der Waals surface area contributed by atoms with Gasteiger partial charge in [0, 0.05) is 24.3 Å². The largest absolute Gasteiger partial charge is 0.353 e. The van der Waals surface area contributed by atoms with E-state index < -0.39 is 0 Å². The summed E-state index contributed by atoms with van der Waals surface area (Å²) in [5, 5.41) is 8.66. The van der Waals surface area contributed by atoms with Crippen molar-refractivity contribution in [1.82, 2.24) is 4.98 Å². The highest BCUT2D eigenvalue weighted by molar-refractivity contribution is 5.94. The molecule has 17 heavy (non-hydrogen) atoms. The van der Waals surface area contributed by atoms with Crippen LogP contribution in [0.1, 0.15) is 36.5 Å². The number of anilines is 1. The molecule has 1 heterocycles. The Kier molecular flexibility index (Phi) is 3.38. The minimum Gasteiger partial charge on any atom is -0.353 e. The molecule has 4 nitrogen and oxygen atoms in total. The maximum atomic E-state index is 11.3. The van der Waals surface area contributed by atoms with Gasteiger partial charge in [-0.2, -0.15) is 5.26 Å². The van der Waals surface area contributed by atoms with Gasteiger partial charge >= 0.3 is 0 Å². The van der Waals surface area contributed by atoms with Gasteiger partial charge in [-0.15, -0.1) is 0 Å². The summed E-state index contributed by atoms with van der Waals surface area (Å²) in [7, 11) is 0. The number of rotatable bonds is 5. The second-order valence-electron chi connectivity index (χ2n) is 4.29. The van der Waals surface area contributed by atoms with Crippen LogP contribution in [0.4, 0.5) is 5.82 Å². The lowest BCUT2D eigenvalue weighted by molar-refractivity contribution is 0.101. The number of hydrogen-bond acceptors (Lipinski definition) is 4. The molecule has 0 N–H and O–H groups in total. The number of pyridine rings is 1. The van der Waals surface area contributed by atoms with Crippen molar-refractivity contribution in [2.75, 3.05) is 11.4 Å². The van der Waals surface area contributed by atoms with Crippen molar-refractivity contribution in [3.05, 3.63) is 23.9 Å². The summed E-state index contributed by atoms with van der Waals surface area (Å²) >= 11 is 0. The van der Waals surface area contributed by atoms with Gasteiger partial charge in [-0.1, -0.05) is 0 Å². The molecular weight excluding hydrogens is 214 g/mol. The predicted octanol–water partition coefficient (Wildman–Crippen LogP) is 2.17. The maximum absolute atomic E-state index is 11.3. The first-order chi connectivity index (χ1) is 8.22. The van der Waals surface area contributed by atoms with Crippen molar-refractivity contribution in [1.29, 1.82) is 5.26 Å². The van der Waals surface area contributed by atoms with Crippen LogP contribution in [0.5, 0.6) is 0 Å². The van der Waals surface area contributed by atoms with Crippen molar-refractivity contribution in [3.8, 4) is 6.07 Å². The maximum Gasteiger partial charge on any atom is 0.159 e. The number of Topliss-reactive ketones (excluding diaryl/α,β-unsaturated/α-hetero) is 1. The van der Waals surface area contributed by atoms with Crippen molar-refractivity contribution in [2.24, 2.45) is 0 Å². The van der Waals surface area contributed by atoms with Gasteiger partial charge in [0.15, 0.2) is 5.78 Å². The Morgan fingerprint density at radius 1 is 1.65 bits per heavy atom. The Bertz CT molecular complexity index is 460. The lowest BCUT2D eigenvalue weighted by Gasteiger charge is -2.22. The lowest BCUT2D eigenvalue weighted by atomic mass is 10.2. The molecule has 1 aliphatic rings. The van der Waals surface area contributed by atoms with Crippen LogP contribution in [-0.2, 0) is 0 Å². The highest BCUT2D eigenvalue weighted by Gasteiger charge is 2.29. The second-order valence-corrected chi connectivity index (χ2v) is 4.29. The molecule has 1 saturated carbocycles. The van der Waals surface area contributed by atoms with Gasteiger partial charge in [0.25, 0.3) is 0 Å². The number of nitrogens with zero attached hydrogens (tertiary/aromatic N) is 3. The standard InChI is InChI=1S/C13H15N3O/c1-10(17)11-5-7-15-13(9-11)16(8-2-6-14)12-3-4-12/h5,7,9,12H,2-4,8H2,1H3. The fourth-order valence-electron chi connectivity index (χ4n) is 1.84. The van der Waals surface area contributed by atoms with Crippen LogP contribution in [0.2, 0.25) is 0 Å². The van der Waals surface area contributed by atoms with Gasteiger partial charge in [-0.05, 0) is 31.9 Å². The number of carbonyl (C=O) groups excluding carboxylic acids is 1. The van der Waals surface area contributed by atoms with Crippen LogP contribution < -0.4 is 4.90 Å². The van der Waals surface area contributed by atoms with Crippen LogP contribution in [0, 0.1) is 11.3 Å². The Balaban J connectivity index is 2.20. The summed E-state index contributed by atoms with van der Waals surface area (Å²) in [5.74, 6) is 0.861. The summed E-state index contributed by atoms with van der Waals surface area (Å²) < 4.78 is 0. The van der Waals surface area contributed by atoms with E-state index >= 15 is 0 Å². The van der Waals surface area contributed by atoms with Crippen molar-refractivity contribution in [3.63, 3.8) is 0 Å². The Morgan fingerprint density at radius 2 is 2.41 bits per heavy atom. The normalized spacial score (nSPS) is 14.1. The molecule has 0 aromatic carbocycles. The SMILES string of the molecule is CC(=O)c1ccnc(N(CCC#N)C2CC2)c1. The van der Waals surface area contributed by atoms with Crippen molar-refractivity contribution < 1.29 is 4.79 Å². The zero-order chi connectivity index (χ0) is 12.3. The number of aromatic nitrogens is 1. The summed E-state index contributed by atoms with van der Waals surface area (Å²) in [6.45, 7) is 2.24. The van der Waals surface area contributed by atoms with Crippen LogP contribution in [0.25, 0.3) is 0 Å². The summed E-state index contributed by atoms with van der Waals surface area (Å²) in [4.78, 5) is 17.8. The number of nitriles is 1. The minimum absolute atomic E-state index is 0.0460. The van der Waals surface area contributed by atoms with E-state index in [0.29, 0.717) is 24.6 Å². The fraction of sp³-hybridized carbons (Fsp3) is 0.462. The van der Waals surface area contributed by atoms with Gasteiger partial charge in [-0.3, -0.25) is 4.79 Å². The lowest BCUT2D eigenvalue weighted by Crippen LogP contribution is -2.27. The zero-order valence-corrected chi connectivity index (χ0v) is 9.89. The molecule has 1 aliphatic carbocycles. The molecule has 0 saturated heterocycles. The van der Waals surface area contributed by atoms with Crippen LogP contribution in [-0.4, -0.2) is 23.4 Å². The van der Waals surface area contributed by atoms with Gasteiger partial charge in [0.2, 0.25) is 0 Å². The molecule has 88 valence electrons. The molecule has 0 bridgehead atoms. The van der Waals surface area contributed by atoms with E-state index in [9.17, 15) is 4.79 Å². The van der Waals surface area contributed by atoms with Crippen LogP contribution >= 0.6 is 0 Å². The topological polar surface area (TPSA) is 57.0 Å². The molecule has 2 rings (SSSR count). The summed E-state index contributed by atoms with van der Waals surface area (Å²) in [6.07, 6.45) is 4.45. The average molecular weight is 229 g/mol. The zero-order valence-electron chi connectivity index (χ0n) is 9.89. The number of hydrogen-bond donors (Lipinski definition) is 0. The van der Waals surface area contributed by atoms with E-state index in [2.05, 4.69) is 16.0 Å². The van der Waals surface area contributed by atoms with Gasteiger partial charge in [-0.25, -0.2) is 4.98 Å². The molecule has 0 amide bonds. The quantitative estimate of drug-likeness (QED) is 0.726. The van der Waals surface area contributed by atoms with Crippen molar-refractivity contribution >= 4 is 11.6 Å². The third-order valence-electron chi connectivity index (χ3n) is 2.90. The molecule has 0 radical (unpaired) electrons. The fourth-order valence-corrected chi connectivity index (χ4v) is 1.84. The first kappa shape index (κ1) is 11.6. The summed E-state index contributed by atoms with van der Waals surface area (Å²) in [5.41, 5.74) is 0.678. The molecular formula is C13H15N3O. The van der Waals surface area contributed by atoms with E-state index in [-0.39, 0.29) is 5.78 Å². The van der Waals surface area contributed by atoms with Gasteiger partial charge < -0.3 is 4.90 Å². The molecule has 0 atom stereocenters. The minimum atomic E-state index is 0.0460. The molecule has 1 aromatic rings. The van der Waals surface area contributed by atoms with E-state index in [4.69, 9.17) is 5.26 Å². The first-order valence-corrected chi connectivity index (χ1v) is 5.83. The molecule has 0 unspecified atom stereocenters. The Morgan fingerprint density at radius 3 is 3.00 bits per heavy atom. The molecule has 1 fully saturated rings. The number of ketones is 1. The second kappa shape index (κ2) is 4.96. The van der Waals surface area contributed by atoms with Crippen molar-refractivity contribution in [2.45, 2.75) is 32.2 Å². The van der Waals surface area contributed by atoms with E-state index in [1.807, 2.05) is 6.07 Å².